The number of aliphatic imine (C=N–C) groups is 1. The van der Waals surface area contributed by atoms with E-state index in [0.29, 0.717) is 5.88 Å². The molecule has 0 fully saturated rings. The Morgan fingerprint density at radius 3 is 3.36 bits per heavy atom. The maximum absolute atomic E-state index is 9.49. The molecule has 2 rings (SSSR count). The summed E-state index contributed by atoms with van der Waals surface area (Å²) in [5.74, 6) is 0.496. The van der Waals surface area contributed by atoms with Crippen LogP contribution in [0.2, 0.25) is 0 Å². The summed E-state index contributed by atoms with van der Waals surface area (Å²) in [6.07, 6.45) is 2.43. The fourth-order valence-corrected chi connectivity index (χ4v) is 1.04. The van der Waals surface area contributed by atoms with Gasteiger partial charge in [0.25, 0.3) is 0 Å². The molecule has 1 aliphatic rings. The van der Waals surface area contributed by atoms with Crippen LogP contribution in [0, 0.1) is 0 Å². The summed E-state index contributed by atoms with van der Waals surface area (Å²) in [6, 6.07) is 1.72. The molecular formula is C7H8N2O2. The van der Waals surface area contributed by atoms with Gasteiger partial charge in [-0.25, -0.2) is 4.99 Å². The molecule has 0 aliphatic carbocycles. The summed E-state index contributed by atoms with van der Waals surface area (Å²) < 4.78 is 4.99. The lowest BCUT2D eigenvalue weighted by Crippen LogP contribution is -2.24. The van der Waals surface area contributed by atoms with Gasteiger partial charge in [0.15, 0.2) is 6.23 Å². The molecular weight excluding hydrogens is 144 g/mol. The van der Waals surface area contributed by atoms with Crippen LogP contribution in [0.25, 0.3) is 0 Å². The Hall–Kier alpha value is -1.29. The van der Waals surface area contributed by atoms with Crippen molar-refractivity contribution in [3.05, 3.63) is 17.9 Å². The number of fused-ring (bicyclic) bond motifs is 1. The van der Waals surface area contributed by atoms with Gasteiger partial charge >= 0.3 is 0 Å². The number of hydrogen-bond donors (Lipinski definition) is 1. The van der Waals surface area contributed by atoms with E-state index in [1.807, 2.05) is 0 Å². The topological polar surface area (TPSA) is 49.0 Å². The van der Waals surface area contributed by atoms with Gasteiger partial charge in [0.1, 0.15) is 0 Å². The standard InChI is InChI=1S/C7H8N2O2/c1-9-4-8-6-5(7(9)10)2-3-11-6/h2-4,7,10H,1H3. The predicted molar refractivity (Wildman–Crippen MR) is 39.6 cm³/mol. The lowest BCUT2D eigenvalue weighted by atomic mass is 10.2. The highest BCUT2D eigenvalue weighted by Crippen LogP contribution is 2.30. The number of nitrogens with zero attached hydrogens (tertiary/aromatic N) is 2. The molecule has 0 bridgehead atoms. The third-order valence-electron chi connectivity index (χ3n) is 1.70. The summed E-state index contributed by atoms with van der Waals surface area (Å²) in [6.45, 7) is 0. The fourth-order valence-electron chi connectivity index (χ4n) is 1.04. The Morgan fingerprint density at radius 1 is 1.73 bits per heavy atom. The number of rotatable bonds is 0. The minimum Gasteiger partial charge on any atom is -0.446 e. The monoisotopic (exact) mass is 152 g/mol. The van der Waals surface area contributed by atoms with Crippen LogP contribution >= 0.6 is 0 Å². The van der Waals surface area contributed by atoms with Crippen molar-refractivity contribution in [2.45, 2.75) is 6.23 Å². The molecule has 58 valence electrons. The average molecular weight is 152 g/mol. The van der Waals surface area contributed by atoms with Crippen LogP contribution in [-0.2, 0) is 0 Å². The zero-order valence-corrected chi connectivity index (χ0v) is 6.06. The van der Waals surface area contributed by atoms with E-state index in [1.54, 1.807) is 18.0 Å². The van der Waals surface area contributed by atoms with Crippen molar-refractivity contribution in [2.24, 2.45) is 4.99 Å². The Kier molecular flexibility index (Phi) is 1.22. The van der Waals surface area contributed by atoms with Crippen LogP contribution in [0.15, 0.2) is 21.7 Å². The first-order valence-electron chi connectivity index (χ1n) is 3.30. The van der Waals surface area contributed by atoms with Gasteiger partial charge in [-0.05, 0) is 6.07 Å². The van der Waals surface area contributed by atoms with Crippen molar-refractivity contribution >= 4 is 12.2 Å². The second kappa shape index (κ2) is 2.10. The highest BCUT2D eigenvalue weighted by molar-refractivity contribution is 5.64. The van der Waals surface area contributed by atoms with E-state index in [-0.39, 0.29) is 0 Å². The Labute approximate surface area is 63.8 Å². The summed E-state index contributed by atoms with van der Waals surface area (Å²) in [7, 11) is 1.75. The molecule has 0 saturated carbocycles. The van der Waals surface area contributed by atoms with Crippen molar-refractivity contribution in [3.8, 4) is 0 Å². The molecule has 1 unspecified atom stereocenters. The molecule has 0 spiro atoms. The van der Waals surface area contributed by atoms with Crippen molar-refractivity contribution in [1.82, 2.24) is 4.90 Å². The zero-order valence-electron chi connectivity index (χ0n) is 6.06. The molecule has 4 heteroatoms. The van der Waals surface area contributed by atoms with Crippen LogP contribution < -0.4 is 0 Å². The molecule has 1 aromatic rings. The third-order valence-corrected chi connectivity index (χ3v) is 1.70. The first-order valence-corrected chi connectivity index (χ1v) is 3.30. The van der Waals surface area contributed by atoms with Gasteiger partial charge in [0.05, 0.1) is 18.2 Å². The van der Waals surface area contributed by atoms with Gasteiger partial charge in [-0.2, -0.15) is 0 Å². The lowest BCUT2D eigenvalue weighted by Gasteiger charge is -2.22. The molecule has 11 heavy (non-hydrogen) atoms. The molecule has 1 aromatic heterocycles. The smallest absolute Gasteiger partial charge is 0.227 e. The summed E-state index contributed by atoms with van der Waals surface area (Å²) >= 11 is 0. The molecule has 1 N–H and O–H groups in total. The van der Waals surface area contributed by atoms with Crippen molar-refractivity contribution in [2.75, 3.05) is 7.05 Å². The molecule has 4 nitrogen and oxygen atoms in total. The average Bonchev–Trinajstić information content (AvgIpc) is 2.45. The summed E-state index contributed by atoms with van der Waals surface area (Å²) in [4.78, 5) is 5.57. The normalized spacial score (nSPS) is 22.0. The van der Waals surface area contributed by atoms with E-state index in [2.05, 4.69) is 4.99 Å². The van der Waals surface area contributed by atoms with E-state index < -0.39 is 6.23 Å². The van der Waals surface area contributed by atoms with Gasteiger partial charge in [-0.15, -0.1) is 0 Å². The van der Waals surface area contributed by atoms with Crippen LogP contribution in [-0.4, -0.2) is 23.4 Å². The first-order chi connectivity index (χ1) is 5.29. The van der Waals surface area contributed by atoms with Crippen molar-refractivity contribution in [3.63, 3.8) is 0 Å². The number of furan rings is 1. The maximum Gasteiger partial charge on any atom is 0.227 e. The highest BCUT2D eigenvalue weighted by atomic mass is 16.3. The Bertz CT molecular complexity index is 292. The van der Waals surface area contributed by atoms with Gasteiger partial charge in [0.2, 0.25) is 5.88 Å². The van der Waals surface area contributed by atoms with Crippen molar-refractivity contribution < 1.29 is 9.52 Å². The van der Waals surface area contributed by atoms with Crippen LogP contribution in [0.3, 0.4) is 0 Å². The Morgan fingerprint density at radius 2 is 2.55 bits per heavy atom. The van der Waals surface area contributed by atoms with Gasteiger partial charge in [0, 0.05) is 7.05 Å². The van der Waals surface area contributed by atoms with Gasteiger partial charge in [-0.1, -0.05) is 0 Å². The SMILES string of the molecule is CN1C=Nc2occc2C1O. The molecule has 0 aromatic carbocycles. The fraction of sp³-hybridized carbons (Fsp3) is 0.286. The van der Waals surface area contributed by atoms with E-state index >= 15 is 0 Å². The summed E-state index contributed by atoms with van der Waals surface area (Å²) in [5.41, 5.74) is 0.718. The van der Waals surface area contributed by atoms with Crippen LogP contribution in [0.4, 0.5) is 5.88 Å². The molecule has 0 amide bonds. The largest absolute Gasteiger partial charge is 0.446 e. The van der Waals surface area contributed by atoms with Crippen molar-refractivity contribution in [1.29, 1.82) is 0 Å². The number of hydrogen-bond acceptors (Lipinski definition) is 4. The second-order valence-electron chi connectivity index (χ2n) is 2.46. The maximum atomic E-state index is 9.49. The Balaban J connectivity index is 2.48. The molecule has 1 aliphatic heterocycles. The van der Waals surface area contributed by atoms with E-state index in [4.69, 9.17) is 4.42 Å². The predicted octanol–water partition coefficient (Wildman–Crippen LogP) is 0.876. The molecule has 0 saturated heterocycles. The van der Waals surface area contributed by atoms with E-state index in [1.165, 1.54) is 12.6 Å². The number of aliphatic hydroxyl groups excluding tert-OH is 1. The molecule has 2 heterocycles. The molecule has 1 atom stereocenters. The zero-order chi connectivity index (χ0) is 7.84. The highest BCUT2D eigenvalue weighted by Gasteiger charge is 2.21. The number of aliphatic hydroxyl groups is 1. The summed E-state index contributed by atoms with van der Waals surface area (Å²) in [5, 5.41) is 9.49. The van der Waals surface area contributed by atoms with Crippen LogP contribution in [0.1, 0.15) is 11.8 Å². The van der Waals surface area contributed by atoms with Gasteiger partial charge < -0.3 is 14.4 Å². The van der Waals surface area contributed by atoms with Crippen LogP contribution in [0.5, 0.6) is 0 Å². The first kappa shape index (κ1) is 6.42. The second-order valence-corrected chi connectivity index (χ2v) is 2.46. The van der Waals surface area contributed by atoms with E-state index in [9.17, 15) is 5.11 Å². The lowest BCUT2D eigenvalue weighted by molar-refractivity contribution is 0.0702. The third kappa shape index (κ3) is 0.832. The minimum atomic E-state index is -0.624. The van der Waals surface area contributed by atoms with Gasteiger partial charge in [-0.3, -0.25) is 0 Å². The molecule has 0 radical (unpaired) electrons. The quantitative estimate of drug-likeness (QED) is 0.600. The minimum absolute atomic E-state index is 0.496. The van der Waals surface area contributed by atoms with E-state index in [0.717, 1.165) is 5.56 Å².